The van der Waals surface area contributed by atoms with E-state index in [9.17, 15) is 5.11 Å². The summed E-state index contributed by atoms with van der Waals surface area (Å²) in [5, 5.41) is 18.7. The second kappa shape index (κ2) is 3.35. The van der Waals surface area contributed by atoms with E-state index < -0.39 is 0 Å². The third-order valence-corrected chi connectivity index (χ3v) is 1.99. The van der Waals surface area contributed by atoms with Crippen LogP contribution in [0, 0.1) is 11.3 Å². The van der Waals surface area contributed by atoms with Gasteiger partial charge < -0.3 is 5.11 Å². The Kier molecular flexibility index (Phi) is 2.04. The van der Waals surface area contributed by atoms with Crippen molar-refractivity contribution < 1.29 is 5.11 Å². The number of benzene rings is 1. The fraction of sp³-hybridized carbons (Fsp3) is 0.0909. The second-order valence-corrected chi connectivity index (χ2v) is 3.01. The number of pyridine rings is 1. The average molecular weight is 184 g/mol. The quantitative estimate of drug-likeness (QED) is 0.737. The molecule has 0 saturated carbocycles. The molecule has 68 valence electrons. The van der Waals surface area contributed by atoms with Crippen LogP contribution in [0.4, 0.5) is 0 Å². The molecule has 0 aliphatic heterocycles. The number of aromatic hydroxyl groups is 1. The first-order chi connectivity index (χ1) is 6.79. The van der Waals surface area contributed by atoms with Gasteiger partial charge in [-0.2, -0.15) is 5.26 Å². The molecule has 0 unspecified atom stereocenters. The van der Waals surface area contributed by atoms with E-state index in [-0.39, 0.29) is 5.75 Å². The number of aromatic nitrogens is 1. The zero-order chi connectivity index (χ0) is 9.97. The van der Waals surface area contributed by atoms with E-state index >= 15 is 0 Å². The maximum Gasteiger partial charge on any atom is 0.117 e. The van der Waals surface area contributed by atoms with Gasteiger partial charge in [-0.15, -0.1) is 0 Å². The minimum atomic E-state index is 0.194. The van der Waals surface area contributed by atoms with Gasteiger partial charge in [-0.3, -0.25) is 4.98 Å². The smallest absolute Gasteiger partial charge is 0.117 e. The van der Waals surface area contributed by atoms with Gasteiger partial charge in [0, 0.05) is 11.5 Å². The SMILES string of the molecule is N#CCc1ccc2ccc(O)cc2n1. The molecule has 14 heavy (non-hydrogen) atoms. The van der Waals surface area contributed by atoms with Crippen molar-refractivity contribution in [3.8, 4) is 11.8 Å². The van der Waals surface area contributed by atoms with Crippen LogP contribution in [0.5, 0.6) is 5.75 Å². The van der Waals surface area contributed by atoms with Crippen molar-refractivity contribution in [2.75, 3.05) is 0 Å². The molecule has 0 atom stereocenters. The van der Waals surface area contributed by atoms with Crippen LogP contribution in [0.15, 0.2) is 30.3 Å². The van der Waals surface area contributed by atoms with Crippen LogP contribution in [-0.2, 0) is 6.42 Å². The highest BCUT2D eigenvalue weighted by Crippen LogP contribution is 2.18. The summed E-state index contributed by atoms with van der Waals surface area (Å²) >= 11 is 0. The first kappa shape index (κ1) is 8.52. The molecular formula is C11H8N2O. The second-order valence-electron chi connectivity index (χ2n) is 3.01. The van der Waals surface area contributed by atoms with E-state index in [1.807, 2.05) is 18.2 Å². The largest absolute Gasteiger partial charge is 0.508 e. The van der Waals surface area contributed by atoms with E-state index in [0.717, 1.165) is 16.6 Å². The molecule has 2 rings (SSSR count). The molecule has 0 spiro atoms. The van der Waals surface area contributed by atoms with Crippen molar-refractivity contribution in [2.24, 2.45) is 0 Å². The summed E-state index contributed by atoms with van der Waals surface area (Å²) in [7, 11) is 0. The highest BCUT2D eigenvalue weighted by atomic mass is 16.3. The highest BCUT2D eigenvalue weighted by Gasteiger charge is 1.98. The van der Waals surface area contributed by atoms with Gasteiger partial charge in [0.05, 0.1) is 23.7 Å². The van der Waals surface area contributed by atoms with Gasteiger partial charge >= 0.3 is 0 Å². The molecule has 2 aromatic rings. The molecule has 1 heterocycles. The van der Waals surface area contributed by atoms with Crippen LogP contribution >= 0.6 is 0 Å². The number of nitrogens with zero attached hydrogens (tertiary/aromatic N) is 2. The summed E-state index contributed by atoms with van der Waals surface area (Å²) < 4.78 is 0. The third kappa shape index (κ3) is 1.50. The van der Waals surface area contributed by atoms with Crippen molar-refractivity contribution in [2.45, 2.75) is 6.42 Å². The maximum atomic E-state index is 9.25. The summed E-state index contributed by atoms with van der Waals surface area (Å²) in [6.07, 6.45) is 0.297. The molecule has 3 heteroatoms. The van der Waals surface area contributed by atoms with Gasteiger partial charge in [-0.1, -0.05) is 6.07 Å². The first-order valence-corrected chi connectivity index (χ1v) is 4.25. The molecular weight excluding hydrogens is 176 g/mol. The van der Waals surface area contributed by atoms with E-state index in [4.69, 9.17) is 5.26 Å². The van der Waals surface area contributed by atoms with Crippen molar-refractivity contribution in [1.29, 1.82) is 5.26 Å². The molecule has 1 aromatic heterocycles. The molecule has 0 saturated heterocycles. The summed E-state index contributed by atoms with van der Waals surface area (Å²) in [6.45, 7) is 0. The summed E-state index contributed by atoms with van der Waals surface area (Å²) in [6, 6.07) is 10.8. The van der Waals surface area contributed by atoms with Crippen LogP contribution in [0.3, 0.4) is 0 Å². The standard InChI is InChI=1S/C11H8N2O/c12-6-5-9-3-1-8-2-4-10(14)7-11(8)13-9/h1-4,7,14H,5H2. The van der Waals surface area contributed by atoms with Gasteiger partial charge in [0.2, 0.25) is 0 Å². The van der Waals surface area contributed by atoms with E-state index in [1.165, 1.54) is 0 Å². The number of nitriles is 1. The van der Waals surface area contributed by atoms with E-state index in [2.05, 4.69) is 4.98 Å². The van der Waals surface area contributed by atoms with Gasteiger partial charge in [0.1, 0.15) is 5.75 Å². The lowest BCUT2D eigenvalue weighted by Gasteiger charge is -1.99. The van der Waals surface area contributed by atoms with Crippen molar-refractivity contribution in [3.05, 3.63) is 36.0 Å². The normalized spacial score (nSPS) is 9.93. The van der Waals surface area contributed by atoms with Crippen LogP contribution in [-0.4, -0.2) is 10.1 Å². The number of rotatable bonds is 1. The molecule has 3 nitrogen and oxygen atoms in total. The number of hydrogen-bond donors (Lipinski definition) is 1. The van der Waals surface area contributed by atoms with Gasteiger partial charge in [-0.05, 0) is 18.2 Å². The number of hydrogen-bond acceptors (Lipinski definition) is 3. The minimum Gasteiger partial charge on any atom is -0.508 e. The Hall–Kier alpha value is -2.08. The predicted molar refractivity (Wildman–Crippen MR) is 52.7 cm³/mol. The Bertz CT molecular complexity index is 514. The summed E-state index contributed by atoms with van der Waals surface area (Å²) in [5.41, 5.74) is 1.45. The lowest BCUT2D eigenvalue weighted by atomic mass is 10.2. The van der Waals surface area contributed by atoms with E-state index in [1.54, 1.807) is 18.2 Å². The number of fused-ring (bicyclic) bond motifs is 1. The van der Waals surface area contributed by atoms with E-state index in [0.29, 0.717) is 6.42 Å². The maximum absolute atomic E-state index is 9.25. The van der Waals surface area contributed by atoms with Crippen LogP contribution in [0.2, 0.25) is 0 Å². The molecule has 0 radical (unpaired) electrons. The molecule has 1 aromatic carbocycles. The number of phenolic OH excluding ortho intramolecular Hbond substituents is 1. The molecule has 0 aliphatic rings. The summed E-state index contributed by atoms with van der Waals surface area (Å²) in [4.78, 5) is 4.24. The van der Waals surface area contributed by atoms with Gasteiger partial charge in [0.15, 0.2) is 0 Å². The van der Waals surface area contributed by atoms with Crippen molar-refractivity contribution in [3.63, 3.8) is 0 Å². The zero-order valence-corrected chi connectivity index (χ0v) is 7.44. The number of phenols is 1. The monoisotopic (exact) mass is 184 g/mol. The van der Waals surface area contributed by atoms with Gasteiger partial charge in [0.25, 0.3) is 0 Å². The lowest BCUT2D eigenvalue weighted by Crippen LogP contribution is -1.87. The summed E-state index contributed by atoms with van der Waals surface area (Å²) in [5.74, 6) is 0.194. The first-order valence-electron chi connectivity index (χ1n) is 4.25. The Morgan fingerprint density at radius 1 is 1.29 bits per heavy atom. The molecule has 0 aliphatic carbocycles. The van der Waals surface area contributed by atoms with Crippen molar-refractivity contribution in [1.82, 2.24) is 4.98 Å². The minimum absolute atomic E-state index is 0.194. The Morgan fingerprint density at radius 3 is 2.86 bits per heavy atom. The van der Waals surface area contributed by atoms with Crippen molar-refractivity contribution >= 4 is 10.9 Å². The third-order valence-electron chi connectivity index (χ3n) is 1.99. The van der Waals surface area contributed by atoms with Gasteiger partial charge in [-0.25, -0.2) is 0 Å². The fourth-order valence-corrected chi connectivity index (χ4v) is 1.33. The average Bonchev–Trinajstić information content (AvgIpc) is 2.17. The van der Waals surface area contributed by atoms with Crippen LogP contribution in [0.1, 0.15) is 5.69 Å². The molecule has 0 bridgehead atoms. The van der Waals surface area contributed by atoms with Crippen LogP contribution < -0.4 is 0 Å². The Labute approximate surface area is 81.2 Å². The zero-order valence-electron chi connectivity index (χ0n) is 7.44. The Balaban J connectivity index is 2.59. The molecule has 0 amide bonds. The topological polar surface area (TPSA) is 56.9 Å². The predicted octanol–water partition coefficient (Wildman–Crippen LogP) is 2.01. The lowest BCUT2D eigenvalue weighted by molar-refractivity contribution is 0.476. The molecule has 0 fully saturated rings. The molecule has 1 N–H and O–H groups in total. The van der Waals surface area contributed by atoms with Crippen LogP contribution in [0.25, 0.3) is 10.9 Å². The Morgan fingerprint density at radius 2 is 2.07 bits per heavy atom. The fourth-order valence-electron chi connectivity index (χ4n) is 1.33. The highest BCUT2D eigenvalue weighted by molar-refractivity contribution is 5.80.